The number of para-hydroxylation sites is 1. The van der Waals surface area contributed by atoms with Crippen molar-refractivity contribution in [3.8, 4) is 33.8 Å². The average molecular weight is 460 g/mol. The lowest BCUT2D eigenvalue weighted by Gasteiger charge is -2.13. The number of pyridine rings is 1. The summed E-state index contributed by atoms with van der Waals surface area (Å²) in [5, 5.41) is 11.8. The van der Waals surface area contributed by atoms with E-state index in [9.17, 15) is 9.90 Å². The van der Waals surface area contributed by atoms with Crippen LogP contribution in [-0.4, -0.2) is 10.1 Å². The molecule has 0 radical (unpaired) electrons. The number of halogens is 1. The summed E-state index contributed by atoms with van der Waals surface area (Å²) in [6.07, 6.45) is 0. The first-order chi connectivity index (χ1) is 15.6. The maximum absolute atomic E-state index is 13.0. The lowest BCUT2D eigenvalue weighted by molar-refractivity contribution is 0.307. The van der Waals surface area contributed by atoms with Crippen molar-refractivity contribution in [1.82, 2.24) is 4.98 Å². The minimum Gasteiger partial charge on any atom is -0.506 e. The van der Waals surface area contributed by atoms with E-state index >= 15 is 0 Å². The molecule has 5 aromatic rings. The molecule has 5 rings (SSSR count). The highest BCUT2D eigenvalue weighted by atomic mass is 35.5. The van der Waals surface area contributed by atoms with Crippen LogP contribution >= 0.6 is 22.9 Å². The van der Waals surface area contributed by atoms with Crippen LogP contribution in [0.25, 0.3) is 32.5 Å². The molecule has 2 N–H and O–H groups in total. The first-order valence-corrected chi connectivity index (χ1v) is 11.2. The molecule has 0 unspecified atom stereocenters. The number of hydrogen-bond donors (Lipinski definition) is 2. The molecule has 0 saturated heterocycles. The summed E-state index contributed by atoms with van der Waals surface area (Å²) in [6.45, 7) is 0.346. The van der Waals surface area contributed by atoms with Gasteiger partial charge in [-0.25, -0.2) is 0 Å². The molecule has 0 amide bonds. The normalized spacial score (nSPS) is 11.0. The van der Waals surface area contributed by atoms with Crippen LogP contribution in [0.4, 0.5) is 0 Å². The molecule has 6 heteroatoms. The fourth-order valence-corrected chi connectivity index (χ4v) is 5.14. The number of fused-ring (bicyclic) bond motifs is 1. The Morgan fingerprint density at radius 2 is 1.53 bits per heavy atom. The van der Waals surface area contributed by atoms with Gasteiger partial charge in [0.15, 0.2) is 0 Å². The fourth-order valence-electron chi connectivity index (χ4n) is 3.76. The molecule has 32 heavy (non-hydrogen) atoms. The van der Waals surface area contributed by atoms with Gasteiger partial charge < -0.3 is 14.8 Å². The van der Waals surface area contributed by atoms with Crippen LogP contribution in [0.3, 0.4) is 0 Å². The highest BCUT2D eigenvalue weighted by molar-refractivity contribution is 7.23. The molecule has 0 fully saturated rings. The Bertz CT molecular complexity index is 1460. The van der Waals surface area contributed by atoms with Crippen molar-refractivity contribution >= 4 is 33.2 Å². The van der Waals surface area contributed by atoms with Crippen LogP contribution < -0.4 is 10.3 Å². The molecule has 0 spiro atoms. The second-order valence-corrected chi connectivity index (χ2v) is 8.89. The summed E-state index contributed by atoms with van der Waals surface area (Å²) in [4.78, 5) is 16.5. The number of hydrogen-bond acceptors (Lipinski definition) is 4. The third kappa shape index (κ3) is 3.66. The van der Waals surface area contributed by atoms with E-state index in [1.165, 1.54) is 11.3 Å². The Labute approximate surface area is 193 Å². The van der Waals surface area contributed by atoms with Gasteiger partial charge in [-0.15, -0.1) is 11.3 Å². The Morgan fingerprint density at radius 1 is 0.875 bits per heavy atom. The number of rotatable bonds is 5. The number of aromatic amines is 1. The minimum absolute atomic E-state index is 0.110. The molecule has 4 nitrogen and oxygen atoms in total. The number of aromatic nitrogens is 1. The molecule has 0 atom stereocenters. The Balaban J connectivity index is 1.67. The van der Waals surface area contributed by atoms with Gasteiger partial charge in [0.2, 0.25) is 0 Å². The van der Waals surface area contributed by atoms with Crippen LogP contribution in [0, 0.1) is 0 Å². The Kier molecular flexibility index (Phi) is 5.43. The van der Waals surface area contributed by atoms with Gasteiger partial charge in [-0.1, -0.05) is 90.5 Å². The third-order valence-electron chi connectivity index (χ3n) is 5.25. The highest BCUT2D eigenvalue weighted by Gasteiger charge is 2.23. The lowest BCUT2D eigenvalue weighted by atomic mass is 10.00. The summed E-state index contributed by atoms with van der Waals surface area (Å²) < 4.78 is 6.54. The molecular weight excluding hydrogens is 442 g/mol. The van der Waals surface area contributed by atoms with Gasteiger partial charge in [-0.3, -0.25) is 4.79 Å². The van der Waals surface area contributed by atoms with E-state index in [0.717, 1.165) is 11.1 Å². The smallest absolute Gasteiger partial charge is 0.260 e. The number of nitrogens with one attached hydrogen (secondary N) is 1. The largest absolute Gasteiger partial charge is 0.506 e. The fraction of sp³-hybridized carbons (Fsp3) is 0.0385. The van der Waals surface area contributed by atoms with Crippen molar-refractivity contribution in [3.05, 3.63) is 105 Å². The van der Waals surface area contributed by atoms with Gasteiger partial charge in [-0.05, 0) is 17.2 Å². The highest BCUT2D eigenvalue weighted by Crippen LogP contribution is 2.47. The number of H-pyrrole nitrogens is 1. The van der Waals surface area contributed by atoms with E-state index in [1.54, 1.807) is 12.1 Å². The topological polar surface area (TPSA) is 62.3 Å². The zero-order valence-electron chi connectivity index (χ0n) is 16.8. The van der Waals surface area contributed by atoms with E-state index in [0.29, 0.717) is 38.0 Å². The molecule has 0 aliphatic heterocycles. The van der Waals surface area contributed by atoms with Crippen molar-refractivity contribution in [3.63, 3.8) is 0 Å². The van der Waals surface area contributed by atoms with E-state index in [4.69, 9.17) is 16.3 Å². The van der Waals surface area contributed by atoms with Gasteiger partial charge >= 0.3 is 0 Å². The summed E-state index contributed by atoms with van der Waals surface area (Å²) in [5.74, 6) is 0.403. The van der Waals surface area contributed by atoms with E-state index in [1.807, 2.05) is 72.8 Å². The Hall–Kier alpha value is -3.54. The summed E-state index contributed by atoms with van der Waals surface area (Å²) in [6, 6.07) is 26.6. The van der Waals surface area contributed by atoms with Crippen LogP contribution in [0.2, 0.25) is 4.34 Å². The summed E-state index contributed by atoms with van der Waals surface area (Å²) in [7, 11) is 0. The predicted molar refractivity (Wildman–Crippen MR) is 131 cm³/mol. The quantitative estimate of drug-likeness (QED) is 0.301. The summed E-state index contributed by atoms with van der Waals surface area (Å²) in [5.41, 5.74) is 2.85. The van der Waals surface area contributed by atoms with E-state index in [-0.39, 0.29) is 11.3 Å². The molecule has 2 aromatic heterocycles. The Morgan fingerprint density at radius 3 is 2.28 bits per heavy atom. The minimum atomic E-state index is -0.400. The van der Waals surface area contributed by atoms with Crippen molar-refractivity contribution in [2.45, 2.75) is 6.61 Å². The first-order valence-electron chi connectivity index (χ1n) is 10.0. The van der Waals surface area contributed by atoms with Crippen LogP contribution in [0.15, 0.2) is 89.7 Å². The monoisotopic (exact) mass is 459 g/mol. The van der Waals surface area contributed by atoms with Gasteiger partial charge in [0.1, 0.15) is 27.3 Å². The molecule has 0 aliphatic carbocycles. The number of thiophene rings is 1. The number of aromatic hydroxyl groups is 1. The number of ether oxygens (including phenoxy) is 1. The third-order valence-corrected chi connectivity index (χ3v) is 6.56. The van der Waals surface area contributed by atoms with E-state index in [2.05, 4.69) is 4.98 Å². The summed E-state index contributed by atoms with van der Waals surface area (Å²) >= 11 is 7.77. The molecular formula is C26H18ClNO3S. The molecule has 0 bridgehead atoms. The molecule has 2 heterocycles. The van der Waals surface area contributed by atoms with Crippen molar-refractivity contribution in [2.75, 3.05) is 0 Å². The lowest BCUT2D eigenvalue weighted by Crippen LogP contribution is -2.09. The molecule has 3 aromatic carbocycles. The molecule has 158 valence electrons. The standard InChI is InChI=1S/C26H18ClNO3S/c27-24-20(17-11-5-2-6-12-17)22-23(29)21(25(30)28-26(22)32-24)18-13-7-8-14-19(18)31-15-16-9-3-1-4-10-16/h1-14H,15H2,(H2,28,29,30). The SMILES string of the molecule is O=c1[nH]c2sc(Cl)c(-c3ccccc3)c2c(O)c1-c1ccccc1OCc1ccccc1. The average Bonchev–Trinajstić information content (AvgIpc) is 3.15. The second kappa shape index (κ2) is 8.54. The van der Waals surface area contributed by atoms with Gasteiger partial charge in [0.25, 0.3) is 5.56 Å². The first kappa shape index (κ1) is 20.4. The number of benzene rings is 3. The van der Waals surface area contributed by atoms with Crippen molar-refractivity contribution < 1.29 is 9.84 Å². The van der Waals surface area contributed by atoms with Crippen LogP contribution in [-0.2, 0) is 6.61 Å². The second-order valence-electron chi connectivity index (χ2n) is 7.27. The van der Waals surface area contributed by atoms with Crippen molar-refractivity contribution in [1.29, 1.82) is 0 Å². The molecule has 0 saturated carbocycles. The predicted octanol–water partition coefficient (Wildman–Crippen LogP) is 6.86. The van der Waals surface area contributed by atoms with Gasteiger partial charge in [0.05, 0.1) is 10.9 Å². The molecule has 0 aliphatic rings. The zero-order chi connectivity index (χ0) is 22.1. The van der Waals surface area contributed by atoms with Crippen LogP contribution in [0.5, 0.6) is 11.5 Å². The van der Waals surface area contributed by atoms with Crippen molar-refractivity contribution in [2.24, 2.45) is 0 Å². The maximum Gasteiger partial charge on any atom is 0.260 e. The van der Waals surface area contributed by atoms with E-state index < -0.39 is 5.56 Å². The van der Waals surface area contributed by atoms with Gasteiger partial charge in [-0.2, -0.15) is 0 Å². The van der Waals surface area contributed by atoms with Gasteiger partial charge in [0, 0.05) is 11.1 Å². The maximum atomic E-state index is 13.0. The van der Waals surface area contributed by atoms with Crippen LogP contribution in [0.1, 0.15) is 5.56 Å². The zero-order valence-corrected chi connectivity index (χ0v) is 18.4.